The fourth-order valence-corrected chi connectivity index (χ4v) is 3.55. The normalized spacial score (nSPS) is 11.3. The lowest BCUT2D eigenvalue weighted by Gasteiger charge is -2.08. The molecule has 0 aliphatic rings. The molecule has 0 unspecified atom stereocenters. The summed E-state index contributed by atoms with van der Waals surface area (Å²) in [5, 5.41) is 12.0. The molecule has 3 aromatic rings. The molecule has 0 saturated carbocycles. The number of carbonyl (C=O) groups is 1. The van der Waals surface area contributed by atoms with Crippen LogP contribution in [0.5, 0.6) is 11.5 Å². The number of anilines is 1. The molecule has 3 rings (SSSR count). The fraction of sp³-hybridized carbons (Fsp3) is 0.0435. The van der Waals surface area contributed by atoms with Crippen molar-refractivity contribution in [3.63, 3.8) is 0 Å². The van der Waals surface area contributed by atoms with Gasteiger partial charge in [-0.05, 0) is 60.2 Å². The molecule has 1 amide bonds. The van der Waals surface area contributed by atoms with Gasteiger partial charge in [-0.15, -0.1) is 0 Å². The first-order chi connectivity index (χ1) is 14.9. The Kier molecular flexibility index (Phi) is 6.70. The first kappa shape index (κ1) is 21.6. The van der Waals surface area contributed by atoms with Gasteiger partial charge >= 0.3 is 10.1 Å². The third-order valence-electron chi connectivity index (χ3n) is 4.12. The highest BCUT2D eigenvalue weighted by molar-refractivity contribution is 7.87. The molecule has 0 aliphatic carbocycles. The highest BCUT2D eigenvalue weighted by Crippen LogP contribution is 2.21. The van der Waals surface area contributed by atoms with Gasteiger partial charge in [0, 0.05) is 5.69 Å². The SMILES string of the molecule is COc1ccc(NC(=O)/C(C#N)=C\c2cccc(OS(=O)(=O)c3ccccc3)c2)cc1. The highest BCUT2D eigenvalue weighted by Gasteiger charge is 2.16. The van der Waals surface area contributed by atoms with Crippen LogP contribution in [0.3, 0.4) is 0 Å². The highest BCUT2D eigenvalue weighted by atomic mass is 32.2. The lowest BCUT2D eigenvalue weighted by molar-refractivity contribution is -0.112. The van der Waals surface area contributed by atoms with Crippen molar-refractivity contribution in [3.05, 3.63) is 90.0 Å². The van der Waals surface area contributed by atoms with Crippen molar-refractivity contribution >= 4 is 27.8 Å². The third-order valence-corrected chi connectivity index (χ3v) is 5.38. The molecule has 7 nitrogen and oxygen atoms in total. The van der Waals surface area contributed by atoms with E-state index in [9.17, 15) is 18.5 Å². The van der Waals surface area contributed by atoms with Gasteiger partial charge in [-0.3, -0.25) is 4.79 Å². The van der Waals surface area contributed by atoms with E-state index in [2.05, 4.69) is 5.32 Å². The van der Waals surface area contributed by atoms with Crippen LogP contribution in [-0.2, 0) is 14.9 Å². The minimum Gasteiger partial charge on any atom is -0.497 e. The molecule has 0 saturated heterocycles. The van der Waals surface area contributed by atoms with Crippen molar-refractivity contribution in [2.24, 2.45) is 0 Å². The van der Waals surface area contributed by atoms with E-state index in [4.69, 9.17) is 8.92 Å². The molecule has 0 aromatic heterocycles. The Morgan fingerprint density at radius 3 is 2.32 bits per heavy atom. The standard InChI is InChI=1S/C23H18N2O5S/c1-29-20-12-10-19(11-13-20)25-23(26)18(16-24)14-17-6-5-7-21(15-17)30-31(27,28)22-8-3-2-4-9-22/h2-15H,1H3,(H,25,26)/b18-14-. The number of hydrogen-bond donors (Lipinski definition) is 1. The van der Waals surface area contributed by atoms with Crippen LogP contribution >= 0.6 is 0 Å². The number of rotatable bonds is 7. The van der Waals surface area contributed by atoms with Crippen molar-refractivity contribution in [2.45, 2.75) is 4.90 Å². The molecule has 0 aliphatic heterocycles. The summed E-state index contributed by atoms with van der Waals surface area (Å²) >= 11 is 0. The number of methoxy groups -OCH3 is 1. The van der Waals surface area contributed by atoms with Crippen LogP contribution in [0, 0.1) is 11.3 Å². The largest absolute Gasteiger partial charge is 0.497 e. The van der Waals surface area contributed by atoms with Gasteiger partial charge in [0.25, 0.3) is 5.91 Å². The fourth-order valence-electron chi connectivity index (χ4n) is 2.61. The first-order valence-corrected chi connectivity index (χ1v) is 10.5. The van der Waals surface area contributed by atoms with Crippen LogP contribution in [0.25, 0.3) is 6.08 Å². The summed E-state index contributed by atoms with van der Waals surface area (Å²) in [6, 6.07) is 22.3. The van der Waals surface area contributed by atoms with Crippen molar-refractivity contribution in [2.75, 3.05) is 12.4 Å². The molecule has 3 aromatic carbocycles. The summed E-state index contributed by atoms with van der Waals surface area (Å²) in [5.41, 5.74) is 0.777. The van der Waals surface area contributed by atoms with E-state index in [1.807, 2.05) is 6.07 Å². The topological polar surface area (TPSA) is 105 Å². The minimum absolute atomic E-state index is 0.0209. The number of nitriles is 1. The molecule has 0 atom stereocenters. The van der Waals surface area contributed by atoms with Crippen molar-refractivity contribution in [1.29, 1.82) is 5.26 Å². The van der Waals surface area contributed by atoms with Gasteiger partial charge in [-0.2, -0.15) is 13.7 Å². The van der Waals surface area contributed by atoms with Crippen LogP contribution < -0.4 is 14.2 Å². The van der Waals surface area contributed by atoms with Crippen LogP contribution in [-0.4, -0.2) is 21.4 Å². The second kappa shape index (κ2) is 9.61. The quantitative estimate of drug-likeness (QED) is 0.342. The molecule has 31 heavy (non-hydrogen) atoms. The second-order valence-corrected chi connectivity index (χ2v) is 7.82. The Balaban J connectivity index is 1.78. The van der Waals surface area contributed by atoms with E-state index >= 15 is 0 Å². The molecule has 0 spiro atoms. The number of amides is 1. The summed E-state index contributed by atoms with van der Waals surface area (Å²) in [7, 11) is -2.47. The van der Waals surface area contributed by atoms with Gasteiger partial charge in [0.15, 0.2) is 0 Å². The maximum Gasteiger partial charge on any atom is 0.339 e. The molecular formula is C23H18N2O5S. The second-order valence-electron chi connectivity index (χ2n) is 6.28. The zero-order chi connectivity index (χ0) is 22.3. The summed E-state index contributed by atoms with van der Waals surface area (Å²) in [6.45, 7) is 0. The zero-order valence-electron chi connectivity index (χ0n) is 16.5. The minimum atomic E-state index is -4.00. The van der Waals surface area contributed by atoms with E-state index in [0.717, 1.165) is 0 Å². The van der Waals surface area contributed by atoms with E-state index in [1.54, 1.807) is 54.6 Å². The van der Waals surface area contributed by atoms with Gasteiger partial charge < -0.3 is 14.2 Å². The lowest BCUT2D eigenvalue weighted by atomic mass is 10.1. The van der Waals surface area contributed by atoms with Crippen molar-refractivity contribution < 1.29 is 22.1 Å². The molecule has 0 bridgehead atoms. The predicted octanol–water partition coefficient (Wildman–Crippen LogP) is 4.01. The predicted molar refractivity (Wildman–Crippen MR) is 116 cm³/mol. The van der Waals surface area contributed by atoms with Gasteiger partial charge in [0.05, 0.1) is 7.11 Å². The van der Waals surface area contributed by atoms with E-state index in [1.165, 1.54) is 37.5 Å². The van der Waals surface area contributed by atoms with Crippen molar-refractivity contribution in [1.82, 2.24) is 0 Å². The first-order valence-electron chi connectivity index (χ1n) is 9.08. The van der Waals surface area contributed by atoms with Gasteiger partial charge in [-0.25, -0.2) is 0 Å². The van der Waals surface area contributed by atoms with Crippen LogP contribution in [0.1, 0.15) is 5.56 Å². The van der Waals surface area contributed by atoms with Crippen LogP contribution in [0.2, 0.25) is 0 Å². The smallest absolute Gasteiger partial charge is 0.339 e. The zero-order valence-corrected chi connectivity index (χ0v) is 17.3. The van der Waals surface area contributed by atoms with Crippen LogP contribution in [0.15, 0.2) is 89.3 Å². The average molecular weight is 434 g/mol. The number of nitrogens with zero attached hydrogens (tertiary/aromatic N) is 1. The molecule has 8 heteroatoms. The molecule has 156 valence electrons. The average Bonchev–Trinajstić information content (AvgIpc) is 2.78. The van der Waals surface area contributed by atoms with Crippen LogP contribution in [0.4, 0.5) is 5.69 Å². The number of carbonyl (C=O) groups excluding carboxylic acids is 1. The summed E-state index contributed by atoms with van der Waals surface area (Å²) < 4.78 is 35.0. The number of benzene rings is 3. The van der Waals surface area contributed by atoms with E-state index in [-0.39, 0.29) is 16.2 Å². The summed E-state index contributed by atoms with van der Waals surface area (Å²) in [4.78, 5) is 12.5. The lowest BCUT2D eigenvalue weighted by Crippen LogP contribution is -2.13. The number of ether oxygens (including phenoxy) is 1. The molecule has 0 heterocycles. The Morgan fingerprint density at radius 2 is 1.68 bits per heavy atom. The van der Waals surface area contributed by atoms with E-state index in [0.29, 0.717) is 17.0 Å². The maximum atomic E-state index is 12.4. The number of hydrogen-bond acceptors (Lipinski definition) is 6. The Morgan fingerprint density at radius 1 is 0.968 bits per heavy atom. The molecule has 1 N–H and O–H groups in total. The maximum absolute atomic E-state index is 12.4. The van der Waals surface area contributed by atoms with Gasteiger partial charge in [0.2, 0.25) is 0 Å². The molecular weight excluding hydrogens is 416 g/mol. The Bertz CT molecular complexity index is 1250. The van der Waals surface area contributed by atoms with Gasteiger partial charge in [0.1, 0.15) is 28.0 Å². The summed E-state index contributed by atoms with van der Waals surface area (Å²) in [5.74, 6) is 0.0951. The van der Waals surface area contributed by atoms with Gasteiger partial charge in [-0.1, -0.05) is 30.3 Å². The molecule has 0 radical (unpaired) electrons. The third kappa shape index (κ3) is 5.72. The summed E-state index contributed by atoms with van der Waals surface area (Å²) in [6.07, 6.45) is 1.35. The van der Waals surface area contributed by atoms with E-state index < -0.39 is 16.0 Å². The monoisotopic (exact) mass is 434 g/mol. The molecule has 0 fully saturated rings. The Labute approximate surface area is 180 Å². The Hall–Kier alpha value is -4.09. The van der Waals surface area contributed by atoms with Crippen molar-refractivity contribution in [3.8, 4) is 17.6 Å². The number of nitrogens with one attached hydrogen (secondary N) is 1.